The second-order valence-corrected chi connectivity index (χ2v) is 8.05. The molecule has 0 saturated carbocycles. The summed E-state index contributed by atoms with van der Waals surface area (Å²) in [6.07, 6.45) is 4.48. The van der Waals surface area contributed by atoms with Gasteiger partial charge in [-0.25, -0.2) is 4.98 Å². The third-order valence-corrected chi connectivity index (χ3v) is 5.62. The van der Waals surface area contributed by atoms with Crippen molar-refractivity contribution in [1.29, 1.82) is 0 Å². The Morgan fingerprint density at radius 1 is 1.37 bits per heavy atom. The number of nitrogens with one attached hydrogen (secondary N) is 1. The number of rotatable bonds is 9. The molecule has 0 aliphatic carbocycles. The number of aliphatic hydroxyl groups is 1. The van der Waals surface area contributed by atoms with E-state index in [-0.39, 0.29) is 17.7 Å². The summed E-state index contributed by atoms with van der Waals surface area (Å²) in [5.74, 6) is 0.185. The number of amides is 1. The van der Waals surface area contributed by atoms with Crippen molar-refractivity contribution >= 4 is 23.2 Å². The Balaban J connectivity index is 1.46. The first kappa shape index (κ1) is 22.5. The Kier molecular flexibility index (Phi) is 8.04. The first-order valence-corrected chi connectivity index (χ1v) is 10.6. The zero-order valence-corrected chi connectivity index (χ0v) is 18.1. The molecule has 1 aromatic heterocycles. The summed E-state index contributed by atoms with van der Waals surface area (Å²) >= 11 is 6.10. The van der Waals surface area contributed by atoms with E-state index >= 15 is 0 Å². The molecule has 7 nitrogen and oxygen atoms in total. The van der Waals surface area contributed by atoms with Crippen LogP contribution in [0.25, 0.3) is 0 Å². The minimum Gasteiger partial charge on any atom is -0.447 e. The molecule has 1 aliphatic rings. The van der Waals surface area contributed by atoms with Crippen LogP contribution in [-0.2, 0) is 6.54 Å². The molecule has 8 heteroatoms. The summed E-state index contributed by atoms with van der Waals surface area (Å²) in [6, 6.07) is 5.36. The van der Waals surface area contributed by atoms with Crippen molar-refractivity contribution in [1.82, 2.24) is 14.8 Å². The minimum absolute atomic E-state index is 0.241. The van der Waals surface area contributed by atoms with Gasteiger partial charge in [0, 0.05) is 43.4 Å². The average molecular weight is 433 g/mol. The molecule has 3 rings (SSSR count). The fraction of sp³-hybridized carbons (Fsp3) is 0.455. The molecule has 2 N–H and O–H groups in total. The zero-order chi connectivity index (χ0) is 21.5. The van der Waals surface area contributed by atoms with Crippen LogP contribution in [0.1, 0.15) is 34.8 Å². The van der Waals surface area contributed by atoms with Crippen molar-refractivity contribution < 1.29 is 14.3 Å². The van der Waals surface area contributed by atoms with Crippen molar-refractivity contribution in [2.24, 2.45) is 0 Å². The van der Waals surface area contributed by atoms with E-state index in [0.717, 1.165) is 44.6 Å². The number of allylic oxidation sites excluding steroid dienone is 1. The van der Waals surface area contributed by atoms with Crippen LogP contribution in [-0.4, -0.2) is 64.6 Å². The van der Waals surface area contributed by atoms with Crippen molar-refractivity contribution in [3.63, 3.8) is 0 Å². The summed E-state index contributed by atoms with van der Waals surface area (Å²) < 4.78 is 5.50. The van der Waals surface area contributed by atoms with E-state index in [1.54, 1.807) is 12.1 Å². The number of carbonyl (C=O) groups is 1. The third kappa shape index (κ3) is 6.40. The predicted octanol–water partition coefficient (Wildman–Crippen LogP) is 3.33. The normalized spacial score (nSPS) is 16.4. The number of oxazole rings is 1. The van der Waals surface area contributed by atoms with Crippen LogP contribution in [0, 0.1) is 6.92 Å². The second kappa shape index (κ2) is 10.7. The highest BCUT2D eigenvalue weighted by Crippen LogP contribution is 2.20. The van der Waals surface area contributed by atoms with Crippen LogP contribution >= 0.6 is 11.6 Å². The number of aryl methyl sites for hydroxylation is 1. The van der Waals surface area contributed by atoms with Gasteiger partial charge in [0.05, 0.1) is 12.6 Å². The molecule has 162 valence electrons. The van der Waals surface area contributed by atoms with Gasteiger partial charge in [-0.05, 0) is 37.5 Å². The zero-order valence-electron chi connectivity index (χ0n) is 17.3. The van der Waals surface area contributed by atoms with Gasteiger partial charge in [0.1, 0.15) is 6.26 Å². The van der Waals surface area contributed by atoms with E-state index < -0.39 is 0 Å². The number of anilines is 1. The third-order valence-electron chi connectivity index (χ3n) is 5.21. The molecular weight excluding hydrogens is 404 g/mol. The lowest BCUT2D eigenvalue weighted by Gasteiger charge is -2.34. The highest BCUT2D eigenvalue weighted by molar-refractivity contribution is 6.31. The van der Waals surface area contributed by atoms with Crippen molar-refractivity contribution in [2.75, 3.05) is 38.0 Å². The second-order valence-electron chi connectivity index (χ2n) is 7.64. The number of β-amino-alcohol motifs (C(OH)–C–C–N with tert-alkyl or cyclic N) is 1. The van der Waals surface area contributed by atoms with E-state index in [9.17, 15) is 9.90 Å². The number of aromatic nitrogens is 1. The molecule has 1 amide bonds. The van der Waals surface area contributed by atoms with E-state index in [1.807, 2.05) is 19.1 Å². The van der Waals surface area contributed by atoms with Gasteiger partial charge in [-0.2, -0.15) is 0 Å². The Hall–Kier alpha value is -2.19. The molecule has 0 bridgehead atoms. The Morgan fingerprint density at radius 3 is 2.80 bits per heavy atom. The predicted molar refractivity (Wildman–Crippen MR) is 118 cm³/mol. The highest BCUT2D eigenvalue weighted by Gasteiger charge is 2.21. The summed E-state index contributed by atoms with van der Waals surface area (Å²) in [5.41, 5.74) is 1.81. The average Bonchev–Trinajstić information content (AvgIpc) is 3.19. The standard InChI is InChI=1S/C22H29ClN4O3/c1-3-4-5-18(28)13-26-8-10-27(11-9-26)14-21-25-20(15-30-21)22(29)24-17-7-6-16(2)19(23)12-17/h3,6-7,12,15,18,28H,1,4-5,8-11,13-14H2,2H3,(H,24,29). The lowest BCUT2D eigenvalue weighted by Crippen LogP contribution is -2.48. The summed E-state index contributed by atoms with van der Waals surface area (Å²) in [5, 5.41) is 13.4. The van der Waals surface area contributed by atoms with E-state index in [4.69, 9.17) is 16.0 Å². The molecule has 2 heterocycles. The van der Waals surface area contributed by atoms with Crippen LogP contribution in [0.4, 0.5) is 5.69 Å². The monoisotopic (exact) mass is 432 g/mol. The molecule has 1 aromatic carbocycles. The quantitative estimate of drug-likeness (QED) is 0.591. The van der Waals surface area contributed by atoms with Crippen LogP contribution in [0.3, 0.4) is 0 Å². The Morgan fingerprint density at radius 2 is 2.10 bits per heavy atom. The van der Waals surface area contributed by atoms with Crippen molar-refractivity contribution in [2.45, 2.75) is 32.4 Å². The van der Waals surface area contributed by atoms with Crippen LogP contribution in [0.2, 0.25) is 5.02 Å². The number of hydrogen-bond acceptors (Lipinski definition) is 6. The fourth-order valence-corrected chi connectivity index (χ4v) is 3.55. The lowest BCUT2D eigenvalue weighted by molar-refractivity contribution is 0.0642. The molecule has 1 atom stereocenters. The smallest absolute Gasteiger partial charge is 0.277 e. The van der Waals surface area contributed by atoms with Crippen LogP contribution in [0.15, 0.2) is 41.5 Å². The lowest BCUT2D eigenvalue weighted by atomic mass is 10.1. The largest absolute Gasteiger partial charge is 0.447 e. The molecule has 0 spiro atoms. The maximum absolute atomic E-state index is 12.4. The maximum atomic E-state index is 12.4. The highest BCUT2D eigenvalue weighted by atomic mass is 35.5. The topological polar surface area (TPSA) is 81.8 Å². The van der Waals surface area contributed by atoms with Gasteiger partial charge in [-0.1, -0.05) is 23.7 Å². The summed E-state index contributed by atoms with van der Waals surface area (Å²) in [6.45, 7) is 10.3. The van der Waals surface area contributed by atoms with Crippen LogP contribution in [0.5, 0.6) is 0 Å². The van der Waals surface area contributed by atoms with Gasteiger partial charge in [-0.3, -0.25) is 14.6 Å². The number of nitrogens with zero attached hydrogens (tertiary/aromatic N) is 3. The molecule has 1 fully saturated rings. The Bertz CT molecular complexity index is 862. The van der Waals surface area contributed by atoms with Gasteiger partial charge >= 0.3 is 0 Å². The number of benzene rings is 1. The molecular formula is C22H29ClN4O3. The summed E-state index contributed by atoms with van der Waals surface area (Å²) in [4.78, 5) is 21.2. The fourth-order valence-electron chi connectivity index (χ4n) is 3.37. The molecule has 30 heavy (non-hydrogen) atoms. The maximum Gasteiger partial charge on any atom is 0.277 e. The van der Waals surface area contributed by atoms with Crippen molar-refractivity contribution in [3.05, 3.63) is 59.3 Å². The van der Waals surface area contributed by atoms with E-state index in [1.165, 1.54) is 6.26 Å². The minimum atomic E-state index is -0.330. The molecule has 1 aliphatic heterocycles. The SMILES string of the molecule is C=CCCC(O)CN1CCN(Cc2nc(C(=O)Nc3ccc(C)c(Cl)c3)co2)CC1. The van der Waals surface area contributed by atoms with Gasteiger partial charge in [0.2, 0.25) is 5.89 Å². The van der Waals surface area contributed by atoms with Gasteiger partial charge in [0.25, 0.3) is 5.91 Å². The first-order valence-electron chi connectivity index (χ1n) is 10.2. The van der Waals surface area contributed by atoms with Crippen LogP contribution < -0.4 is 5.32 Å². The molecule has 1 unspecified atom stereocenters. The molecule has 0 radical (unpaired) electrons. The number of carbonyl (C=O) groups excluding carboxylic acids is 1. The summed E-state index contributed by atoms with van der Waals surface area (Å²) in [7, 11) is 0. The van der Waals surface area contributed by atoms with Gasteiger partial charge in [0.15, 0.2) is 5.69 Å². The van der Waals surface area contributed by atoms with Crippen molar-refractivity contribution in [3.8, 4) is 0 Å². The molecule has 2 aromatic rings. The number of piperazine rings is 1. The van der Waals surface area contributed by atoms with Gasteiger partial charge < -0.3 is 14.8 Å². The van der Waals surface area contributed by atoms with E-state index in [2.05, 4.69) is 26.7 Å². The Labute approximate surface area is 182 Å². The van der Waals surface area contributed by atoms with E-state index in [0.29, 0.717) is 29.7 Å². The number of aliphatic hydroxyl groups excluding tert-OH is 1. The number of hydrogen-bond donors (Lipinski definition) is 2. The van der Waals surface area contributed by atoms with Gasteiger partial charge in [-0.15, -0.1) is 6.58 Å². The molecule has 1 saturated heterocycles. The number of halogens is 1. The first-order chi connectivity index (χ1) is 14.4.